The highest BCUT2D eigenvalue weighted by Crippen LogP contribution is 2.34. The third kappa shape index (κ3) is 5.00. The van der Waals surface area contributed by atoms with E-state index in [0.717, 1.165) is 30.1 Å². The van der Waals surface area contributed by atoms with E-state index in [2.05, 4.69) is 65.7 Å². The molecule has 0 bridgehead atoms. The van der Waals surface area contributed by atoms with Crippen molar-refractivity contribution in [1.82, 2.24) is 5.32 Å². The molecule has 1 N–H and O–H groups in total. The van der Waals surface area contributed by atoms with E-state index in [0.29, 0.717) is 12.1 Å². The molecule has 0 fully saturated rings. The van der Waals surface area contributed by atoms with Crippen molar-refractivity contribution in [1.29, 1.82) is 0 Å². The molecule has 0 aromatic heterocycles. The Labute approximate surface area is 206 Å². The normalized spacial score (nSPS) is 15.8. The second-order valence-corrected chi connectivity index (χ2v) is 8.98. The predicted octanol–water partition coefficient (Wildman–Crippen LogP) is 5.74. The summed E-state index contributed by atoms with van der Waals surface area (Å²) in [5.74, 6) is 0.561. The lowest BCUT2D eigenvalue weighted by Crippen LogP contribution is -2.45. The monoisotopic (exact) mass is 466 g/mol. The number of benzene rings is 4. The molecule has 4 aromatic carbocycles. The number of fused-ring (bicyclic) bond motifs is 2. The first-order valence-corrected chi connectivity index (χ1v) is 12.0. The SMILES string of the molecule is COC(=O)c1cccc(CN2CC(CNC(C)c3cccc4ccccc34)Oc3ccccc32)c1. The summed E-state index contributed by atoms with van der Waals surface area (Å²) in [6, 6.07) is 30.9. The quantitative estimate of drug-likeness (QED) is 0.352. The van der Waals surface area contributed by atoms with E-state index in [1.165, 1.54) is 23.4 Å². The average molecular weight is 467 g/mol. The molecule has 1 aliphatic heterocycles. The van der Waals surface area contributed by atoms with Gasteiger partial charge in [-0.3, -0.25) is 0 Å². The number of anilines is 1. The van der Waals surface area contributed by atoms with Crippen molar-refractivity contribution in [2.24, 2.45) is 0 Å². The zero-order valence-corrected chi connectivity index (χ0v) is 20.1. The molecular formula is C30H30N2O3. The summed E-state index contributed by atoms with van der Waals surface area (Å²) in [6.07, 6.45) is -0.00823. The zero-order chi connectivity index (χ0) is 24.2. The number of hydrogen-bond acceptors (Lipinski definition) is 5. The van der Waals surface area contributed by atoms with Gasteiger partial charge in [-0.15, -0.1) is 0 Å². The minimum Gasteiger partial charge on any atom is -0.485 e. The lowest BCUT2D eigenvalue weighted by Gasteiger charge is -2.37. The van der Waals surface area contributed by atoms with Gasteiger partial charge in [0.2, 0.25) is 0 Å². The van der Waals surface area contributed by atoms with Crippen LogP contribution in [-0.4, -0.2) is 32.3 Å². The molecule has 0 aliphatic carbocycles. The Morgan fingerprint density at radius 2 is 1.80 bits per heavy atom. The molecule has 0 radical (unpaired) electrons. The Morgan fingerprint density at radius 3 is 2.69 bits per heavy atom. The molecule has 0 saturated carbocycles. The fourth-order valence-electron chi connectivity index (χ4n) is 4.82. The molecule has 5 rings (SSSR count). The van der Waals surface area contributed by atoms with E-state index in [1.807, 2.05) is 36.4 Å². The van der Waals surface area contributed by atoms with Crippen LogP contribution in [0.2, 0.25) is 0 Å². The van der Waals surface area contributed by atoms with Gasteiger partial charge in [0.05, 0.1) is 24.9 Å². The van der Waals surface area contributed by atoms with Crippen LogP contribution in [0.4, 0.5) is 5.69 Å². The van der Waals surface area contributed by atoms with E-state index in [1.54, 1.807) is 6.07 Å². The maximum absolute atomic E-state index is 12.0. The minimum atomic E-state index is -0.321. The summed E-state index contributed by atoms with van der Waals surface area (Å²) in [5, 5.41) is 6.22. The highest BCUT2D eigenvalue weighted by atomic mass is 16.5. The second-order valence-electron chi connectivity index (χ2n) is 8.98. The third-order valence-corrected chi connectivity index (χ3v) is 6.59. The third-order valence-electron chi connectivity index (χ3n) is 6.59. The fraction of sp³-hybridized carbons (Fsp3) is 0.233. The highest BCUT2D eigenvalue weighted by Gasteiger charge is 2.26. The van der Waals surface area contributed by atoms with Crippen molar-refractivity contribution in [2.75, 3.05) is 25.1 Å². The van der Waals surface area contributed by atoms with Gasteiger partial charge in [-0.25, -0.2) is 4.79 Å². The molecular weight excluding hydrogens is 436 g/mol. The topological polar surface area (TPSA) is 50.8 Å². The van der Waals surface area contributed by atoms with Crippen LogP contribution in [0, 0.1) is 0 Å². The summed E-state index contributed by atoms with van der Waals surface area (Å²) in [5.41, 5.74) is 3.97. The minimum absolute atomic E-state index is 0.00823. The average Bonchev–Trinajstić information content (AvgIpc) is 2.91. The molecule has 35 heavy (non-hydrogen) atoms. The smallest absolute Gasteiger partial charge is 0.337 e. The van der Waals surface area contributed by atoms with E-state index < -0.39 is 0 Å². The van der Waals surface area contributed by atoms with Crippen molar-refractivity contribution in [3.63, 3.8) is 0 Å². The Hall–Kier alpha value is -3.83. The largest absolute Gasteiger partial charge is 0.485 e. The Morgan fingerprint density at radius 1 is 1.03 bits per heavy atom. The van der Waals surface area contributed by atoms with Gasteiger partial charge in [0.1, 0.15) is 11.9 Å². The second kappa shape index (κ2) is 10.2. The molecule has 2 atom stereocenters. The zero-order valence-electron chi connectivity index (χ0n) is 20.1. The lowest BCUT2D eigenvalue weighted by atomic mass is 9.99. The number of esters is 1. The number of nitrogens with zero attached hydrogens (tertiary/aromatic N) is 1. The summed E-state index contributed by atoms with van der Waals surface area (Å²) in [4.78, 5) is 14.3. The van der Waals surface area contributed by atoms with Crippen LogP contribution in [0.3, 0.4) is 0 Å². The number of hydrogen-bond donors (Lipinski definition) is 1. The maximum atomic E-state index is 12.0. The molecule has 0 saturated heterocycles. The van der Waals surface area contributed by atoms with Gasteiger partial charge in [0, 0.05) is 19.1 Å². The van der Waals surface area contributed by atoms with Crippen molar-refractivity contribution >= 4 is 22.4 Å². The summed E-state index contributed by atoms with van der Waals surface area (Å²) >= 11 is 0. The first-order chi connectivity index (χ1) is 17.1. The summed E-state index contributed by atoms with van der Waals surface area (Å²) in [6.45, 7) is 4.35. The molecule has 0 spiro atoms. The van der Waals surface area contributed by atoms with Crippen molar-refractivity contribution < 1.29 is 14.3 Å². The number of carbonyl (C=O) groups excluding carboxylic acids is 1. The number of para-hydroxylation sites is 2. The van der Waals surface area contributed by atoms with E-state index in [-0.39, 0.29) is 18.1 Å². The molecule has 2 unspecified atom stereocenters. The number of carbonyl (C=O) groups is 1. The van der Waals surface area contributed by atoms with Gasteiger partial charge in [0.15, 0.2) is 0 Å². The van der Waals surface area contributed by atoms with Crippen LogP contribution in [0.25, 0.3) is 10.8 Å². The highest BCUT2D eigenvalue weighted by molar-refractivity contribution is 5.89. The van der Waals surface area contributed by atoms with Crippen LogP contribution in [0.15, 0.2) is 91.0 Å². The summed E-state index contributed by atoms with van der Waals surface area (Å²) in [7, 11) is 1.41. The van der Waals surface area contributed by atoms with Gasteiger partial charge in [-0.1, -0.05) is 66.7 Å². The predicted molar refractivity (Wildman–Crippen MR) is 140 cm³/mol. The van der Waals surface area contributed by atoms with Crippen LogP contribution in [0.1, 0.15) is 34.5 Å². The molecule has 178 valence electrons. The number of nitrogens with one attached hydrogen (secondary N) is 1. The first kappa shape index (κ1) is 22.9. The number of methoxy groups -OCH3 is 1. The van der Waals surface area contributed by atoms with Gasteiger partial charge >= 0.3 is 5.97 Å². The Balaban J connectivity index is 1.32. The van der Waals surface area contributed by atoms with Gasteiger partial charge in [-0.2, -0.15) is 0 Å². The molecule has 5 nitrogen and oxygen atoms in total. The van der Waals surface area contributed by atoms with Crippen LogP contribution in [0.5, 0.6) is 5.75 Å². The van der Waals surface area contributed by atoms with Gasteiger partial charge in [0.25, 0.3) is 0 Å². The van der Waals surface area contributed by atoms with Crippen LogP contribution < -0.4 is 15.0 Å². The molecule has 1 aliphatic rings. The van der Waals surface area contributed by atoms with E-state index in [9.17, 15) is 4.79 Å². The maximum Gasteiger partial charge on any atom is 0.337 e. The van der Waals surface area contributed by atoms with E-state index in [4.69, 9.17) is 9.47 Å². The van der Waals surface area contributed by atoms with Crippen LogP contribution in [-0.2, 0) is 11.3 Å². The molecule has 1 heterocycles. The van der Waals surface area contributed by atoms with Crippen molar-refractivity contribution in [3.8, 4) is 5.75 Å². The lowest BCUT2D eigenvalue weighted by molar-refractivity contribution is 0.0600. The van der Waals surface area contributed by atoms with Crippen molar-refractivity contribution in [2.45, 2.75) is 25.6 Å². The fourth-order valence-corrected chi connectivity index (χ4v) is 4.82. The van der Waals surface area contributed by atoms with Crippen LogP contribution >= 0.6 is 0 Å². The van der Waals surface area contributed by atoms with E-state index >= 15 is 0 Å². The molecule has 0 amide bonds. The number of rotatable bonds is 7. The van der Waals surface area contributed by atoms with Gasteiger partial charge in [-0.05, 0) is 53.1 Å². The first-order valence-electron chi connectivity index (χ1n) is 12.0. The number of ether oxygens (including phenoxy) is 2. The van der Waals surface area contributed by atoms with Gasteiger partial charge < -0.3 is 19.7 Å². The standard InChI is InChI=1S/C30H30N2O3/c1-21(26-14-8-11-23-10-3-4-13-27(23)26)31-18-25-20-32(28-15-5-6-16-29(28)35-25)19-22-9-7-12-24(17-22)30(33)34-2/h3-17,21,25,31H,18-20H2,1-2H3. The Kier molecular flexibility index (Phi) is 6.68. The van der Waals surface area contributed by atoms with Crippen molar-refractivity contribution in [3.05, 3.63) is 108 Å². The molecule has 4 aromatic rings. The molecule has 5 heteroatoms. The Bertz CT molecular complexity index is 1330. The summed E-state index contributed by atoms with van der Waals surface area (Å²) < 4.78 is 11.3.